The molecule has 224 valence electrons. The zero-order valence-electron chi connectivity index (χ0n) is 25.1. The molecule has 0 radical (unpaired) electrons. The van der Waals surface area contributed by atoms with E-state index in [0.29, 0.717) is 29.3 Å². The maximum atomic E-state index is 13.6. The van der Waals surface area contributed by atoms with Crippen LogP contribution in [0.4, 0.5) is 0 Å². The largest absolute Gasteiger partial charge is 0.494 e. The summed E-state index contributed by atoms with van der Waals surface area (Å²) in [7, 11) is 3.64. The molecule has 2 unspecified atom stereocenters. The SMILES string of the molecule is COc1cc(C(=O)N2CC3N[C@H]3C2C)cc2nc(-c3cc4ccc(-c5cccc(CC(N)=O)c5)nc4n3CC3CC3)n(C)c12. The number of piperazine rings is 1. The van der Waals surface area contributed by atoms with E-state index in [1.807, 2.05) is 54.4 Å². The average Bonchev–Trinajstić information content (AvgIpc) is 3.91. The number of nitrogens with zero attached hydrogens (tertiary/aromatic N) is 5. The highest BCUT2D eigenvalue weighted by Crippen LogP contribution is 2.39. The lowest BCUT2D eigenvalue weighted by Crippen LogP contribution is -2.40. The normalized spacial score (nSPS) is 20.8. The van der Waals surface area contributed by atoms with Gasteiger partial charge in [-0.05, 0) is 67.6 Å². The lowest BCUT2D eigenvalue weighted by Gasteiger charge is -2.24. The van der Waals surface area contributed by atoms with Crippen molar-refractivity contribution in [1.29, 1.82) is 0 Å². The monoisotopic (exact) mass is 589 g/mol. The second kappa shape index (κ2) is 9.92. The van der Waals surface area contributed by atoms with E-state index in [9.17, 15) is 9.59 Å². The molecule has 2 aliphatic heterocycles. The Balaban J connectivity index is 1.23. The van der Waals surface area contributed by atoms with Crippen LogP contribution in [0.2, 0.25) is 0 Å². The highest BCUT2D eigenvalue weighted by Gasteiger charge is 2.51. The molecule has 5 aromatic rings. The van der Waals surface area contributed by atoms with Crippen molar-refractivity contribution in [2.75, 3.05) is 13.7 Å². The molecule has 10 nitrogen and oxygen atoms in total. The number of primary amides is 1. The third-order valence-corrected chi connectivity index (χ3v) is 9.51. The third kappa shape index (κ3) is 4.43. The summed E-state index contributed by atoms with van der Waals surface area (Å²) in [6.07, 6.45) is 2.58. The molecule has 2 saturated heterocycles. The maximum absolute atomic E-state index is 13.6. The standard InChI is InChI=1S/C34H35N7O3/c1-18-30-26(36-30)17-40(18)34(43)23-13-25-31(28(15-23)44-3)39(2)33(38-25)27-14-22-9-10-24(37-32(22)41(27)16-19-7-8-19)21-6-4-5-20(11-21)12-29(35)42/h4-6,9-11,13-15,18-19,26,30,36H,7-8,12,16-17H2,1-3H3,(H2,35,42)/t18?,26?,30-/m0/s1. The summed E-state index contributed by atoms with van der Waals surface area (Å²) in [5.41, 5.74) is 12.1. The number of likely N-dealkylation sites (tertiary alicyclic amines) is 1. The fourth-order valence-corrected chi connectivity index (χ4v) is 6.92. The first-order chi connectivity index (χ1) is 21.3. The highest BCUT2D eigenvalue weighted by atomic mass is 16.5. The Morgan fingerprint density at radius 2 is 1.93 bits per heavy atom. The van der Waals surface area contributed by atoms with Gasteiger partial charge in [0, 0.05) is 54.8 Å². The van der Waals surface area contributed by atoms with Gasteiger partial charge in [0.2, 0.25) is 5.91 Å². The Labute approximate surface area is 254 Å². The number of amides is 2. The fraction of sp³-hybridized carbons (Fsp3) is 0.353. The summed E-state index contributed by atoms with van der Waals surface area (Å²) >= 11 is 0. The molecule has 0 spiro atoms. The van der Waals surface area contributed by atoms with Crippen LogP contribution in [-0.2, 0) is 24.8 Å². The van der Waals surface area contributed by atoms with Crippen LogP contribution in [0, 0.1) is 5.92 Å². The van der Waals surface area contributed by atoms with Gasteiger partial charge in [-0.25, -0.2) is 9.97 Å². The molecule has 2 amide bonds. The Morgan fingerprint density at radius 1 is 1.09 bits per heavy atom. The van der Waals surface area contributed by atoms with Gasteiger partial charge in [-0.1, -0.05) is 18.2 Å². The molecule has 1 aliphatic carbocycles. The van der Waals surface area contributed by atoms with Crippen molar-refractivity contribution < 1.29 is 14.3 Å². The molecular formula is C34H35N7O3. The van der Waals surface area contributed by atoms with E-state index in [1.165, 1.54) is 12.8 Å². The Hall–Kier alpha value is -4.70. The summed E-state index contributed by atoms with van der Waals surface area (Å²) in [5.74, 6) is 1.68. The molecule has 1 saturated carbocycles. The van der Waals surface area contributed by atoms with Gasteiger partial charge >= 0.3 is 0 Å². The van der Waals surface area contributed by atoms with Gasteiger partial charge in [0.15, 0.2) is 5.82 Å². The maximum Gasteiger partial charge on any atom is 0.254 e. The predicted molar refractivity (Wildman–Crippen MR) is 168 cm³/mol. The lowest BCUT2D eigenvalue weighted by atomic mass is 10.0. The Morgan fingerprint density at radius 3 is 2.66 bits per heavy atom. The molecule has 3 aromatic heterocycles. The Kier molecular flexibility index (Phi) is 6.06. The quantitative estimate of drug-likeness (QED) is 0.264. The highest BCUT2D eigenvalue weighted by molar-refractivity contribution is 6.00. The molecule has 3 aliphatic rings. The predicted octanol–water partition coefficient (Wildman–Crippen LogP) is 3.89. The van der Waals surface area contributed by atoms with E-state index in [0.717, 1.165) is 63.5 Å². The molecule has 8 rings (SSSR count). The van der Waals surface area contributed by atoms with Gasteiger partial charge in [0.1, 0.15) is 16.9 Å². The number of aromatic nitrogens is 4. The van der Waals surface area contributed by atoms with E-state index >= 15 is 0 Å². The second-order valence-electron chi connectivity index (χ2n) is 12.6. The average molecular weight is 590 g/mol. The number of fused-ring (bicyclic) bond motifs is 3. The van der Waals surface area contributed by atoms with Crippen LogP contribution in [0.5, 0.6) is 5.75 Å². The summed E-state index contributed by atoms with van der Waals surface area (Å²) in [5, 5.41) is 4.46. The van der Waals surface area contributed by atoms with E-state index in [-0.39, 0.29) is 24.3 Å². The van der Waals surface area contributed by atoms with Crippen LogP contribution in [0.15, 0.2) is 54.6 Å². The summed E-state index contributed by atoms with van der Waals surface area (Å²) in [4.78, 5) is 37.3. The van der Waals surface area contributed by atoms with Crippen LogP contribution in [0.3, 0.4) is 0 Å². The van der Waals surface area contributed by atoms with Crippen molar-refractivity contribution in [2.24, 2.45) is 18.7 Å². The van der Waals surface area contributed by atoms with E-state index in [1.54, 1.807) is 7.11 Å². The van der Waals surface area contributed by atoms with Crippen molar-refractivity contribution >= 4 is 33.9 Å². The van der Waals surface area contributed by atoms with Crippen molar-refractivity contribution in [1.82, 2.24) is 29.3 Å². The van der Waals surface area contributed by atoms with Gasteiger partial charge in [0.25, 0.3) is 5.91 Å². The van der Waals surface area contributed by atoms with Crippen LogP contribution in [0.1, 0.15) is 35.7 Å². The lowest BCUT2D eigenvalue weighted by molar-refractivity contribution is -0.117. The van der Waals surface area contributed by atoms with Gasteiger partial charge in [-0.2, -0.15) is 0 Å². The number of imidazole rings is 1. The van der Waals surface area contributed by atoms with Crippen LogP contribution in [0.25, 0.3) is 44.8 Å². The zero-order chi connectivity index (χ0) is 30.3. The topological polar surface area (TPSA) is 130 Å². The minimum Gasteiger partial charge on any atom is -0.494 e. The molecular weight excluding hydrogens is 554 g/mol. The second-order valence-corrected chi connectivity index (χ2v) is 12.6. The molecule has 10 heteroatoms. The van der Waals surface area contributed by atoms with Crippen LogP contribution < -0.4 is 15.8 Å². The third-order valence-electron chi connectivity index (χ3n) is 9.51. The molecule has 3 fully saturated rings. The first kappa shape index (κ1) is 26.9. The summed E-state index contributed by atoms with van der Waals surface area (Å²) in [6.45, 7) is 3.68. The summed E-state index contributed by atoms with van der Waals surface area (Å²) < 4.78 is 10.2. The van der Waals surface area contributed by atoms with Gasteiger partial charge in [-0.3, -0.25) is 9.59 Å². The number of methoxy groups -OCH3 is 1. The molecule has 5 heterocycles. The number of aryl methyl sites for hydroxylation is 1. The van der Waals surface area contributed by atoms with Gasteiger partial charge in [0.05, 0.1) is 30.4 Å². The van der Waals surface area contributed by atoms with E-state index < -0.39 is 0 Å². The number of nitrogens with two attached hydrogens (primary N) is 1. The first-order valence-electron chi connectivity index (χ1n) is 15.3. The number of pyridine rings is 1. The number of rotatable bonds is 8. The smallest absolute Gasteiger partial charge is 0.254 e. The van der Waals surface area contributed by atoms with Crippen molar-refractivity contribution in [2.45, 2.75) is 50.9 Å². The van der Waals surface area contributed by atoms with Crippen LogP contribution >= 0.6 is 0 Å². The van der Waals surface area contributed by atoms with E-state index in [4.69, 9.17) is 20.4 Å². The number of hydrogen-bond acceptors (Lipinski definition) is 6. The molecule has 0 bridgehead atoms. The van der Waals surface area contributed by atoms with Crippen molar-refractivity contribution in [3.8, 4) is 28.5 Å². The minimum absolute atomic E-state index is 0.0124. The number of nitrogens with one attached hydrogen (secondary N) is 1. The Bertz CT molecular complexity index is 1990. The number of hydrogen-bond donors (Lipinski definition) is 2. The van der Waals surface area contributed by atoms with Crippen molar-refractivity contribution in [3.63, 3.8) is 0 Å². The van der Waals surface area contributed by atoms with E-state index in [2.05, 4.69) is 33.5 Å². The zero-order valence-corrected chi connectivity index (χ0v) is 25.1. The molecule has 3 atom stereocenters. The van der Waals surface area contributed by atoms with Crippen molar-refractivity contribution in [3.05, 3.63) is 65.7 Å². The number of benzene rings is 2. The number of carbonyl (C=O) groups is 2. The molecule has 2 aromatic carbocycles. The first-order valence-corrected chi connectivity index (χ1v) is 15.3. The van der Waals surface area contributed by atoms with Gasteiger partial charge in [-0.15, -0.1) is 0 Å². The van der Waals surface area contributed by atoms with Gasteiger partial charge < -0.3 is 29.8 Å². The number of ether oxygens (including phenoxy) is 1. The minimum atomic E-state index is -0.358. The molecule has 3 N–H and O–H groups in total. The molecule has 44 heavy (non-hydrogen) atoms. The summed E-state index contributed by atoms with van der Waals surface area (Å²) in [6, 6.07) is 18.8. The fourth-order valence-electron chi connectivity index (χ4n) is 6.92. The van der Waals surface area contributed by atoms with Crippen LogP contribution in [-0.4, -0.2) is 67.6 Å². The number of carbonyl (C=O) groups excluding carboxylic acids is 2.